The number of ether oxygens (including phenoxy) is 1. The molecule has 0 radical (unpaired) electrons. The van der Waals surface area contributed by atoms with Crippen LogP contribution in [0.25, 0.3) is 0 Å². The van der Waals surface area contributed by atoms with E-state index in [0.717, 1.165) is 17.8 Å². The summed E-state index contributed by atoms with van der Waals surface area (Å²) in [6.07, 6.45) is 0. The van der Waals surface area contributed by atoms with Gasteiger partial charge in [0.2, 0.25) is 0 Å². The zero-order chi connectivity index (χ0) is 14.6. The van der Waals surface area contributed by atoms with E-state index in [-0.39, 0.29) is 5.75 Å². The predicted octanol–water partition coefficient (Wildman–Crippen LogP) is 2.96. The number of thioether (sulfide) groups is 1. The van der Waals surface area contributed by atoms with Gasteiger partial charge in [-0.2, -0.15) is 0 Å². The molecule has 1 aromatic carbocycles. The van der Waals surface area contributed by atoms with Crippen LogP contribution in [-0.2, 0) is 9.53 Å². The number of carbonyl (C=O) groups excluding carboxylic acids is 1. The monoisotopic (exact) mass is 286 g/mol. The summed E-state index contributed by atoms with van der Waals surface area (Å²) >= 11 is 1.10. The van der Waals surface area contributed by atoms with Crippen molar-refractivity contribution in [1.29, 1.82) is 0 Å². The molecule has 104 valence electrons. The van der Waals surface area contributed by atoms with Crippen LogP contribution in [0.5, 0.6) is 0 Å². The second kappa shape index (κ2) is 6.06. The van der Waals surface area contributed by atoms with Crippen molar-refractivity contribution in [2.45, 2.75) is 31.3 Å². The number of hydrogen-bond acceptors (Lipinski definition) is 4. The Balaban J connectivity index is 2.66. The first kappa shape index (κ1) is 15.5. The van der Waals surface area contributed by atoms with E-state index in [1.54, 1.807) is 20.8 Å². The predicted molar refractivity (Wildman–Crippen MR) is 69.9 cm³/mol. The molecule has 0 saturated heterocycles. The first-order valence-corrected chi connectivity index (χ1v) is 6.55. The number of carboxylic acid groups (broad SMARTS) is 1. The normalized spacial score (nSPS) is 11.2. The molecule has 0 spiro atoms. The Morgan fingerprint density at radius 1 is 1.37 bits per heavy atom. The molecular formula is C13H15FO4S. The van der Waals surface area contributed by atoms with Gasteiger partial charge < -0.3 is 9.84 Å². The van der Waals surface area contributed by atoms with Gasteiger partial charge in [-0.05, 0) is 39.0 Å². The number of rotatable bonds is 4. The molecule has 0 saturated carbocycles. The van der Waals surface area contributed by atoms with Crippen molar-refractivity contribution in [3.63, 3.8) is 0 Å². The second-order valence-corrected chi connectivity index (χ2v) is 5.87. The van der Waals surface area contributed by atoms with E-state index in [1.807, 2.05) is 0 Å². The van der Waals surface area contributed by atoms with Crippen molar-refractivity contribution < 1.29 is 23.8 Å². The highest BCUT2D eigenvalue weighted by Crippen LogP contribution is 2.22. The highest BCUT2D eigenvalue weighted by molar-refractivity contribution is 8.00. The van der Waals surface area contributed by atoms with E-state index >= 15 is 0 Å². The summed E-state index contributed by atoms with van der Waals surface area (Å²) in [6.45, 7) is 5.28. The molecule has 0 fully saturated rings. The van der Waals surface area contributed by atoms with Crippen LogP contribution in [0.4, 0.5) is 4.39 Å². The maximum Gasteiger partial charge on any atom is 0.338 e. The van der Waals surface area contributed by atoms with Crippen molar-refractivity contribution in [3.8, 4) is 0 Å². The van der Waals surface area contributed by atoms with Crippen LogP contribution in [0.15, 0.2) is 23.1 Å². The van der Waals surface area contributed by atoms with Gasteiger partial charge >= 0.3 is 11.9 Å². The highest BCUT2D eigenvalue weighted by atomic mass is 32.2. The third-order valence-electron chi connectivity index (χ3n) is 1.94. The van der Waals surface area contributed by atoms with Crippen LogP contribution >= 0.6 is 11.8 Å². The van der Waals surface area contributed by atoms with Gasteiger partial charge in [0.05, 0.1) is 11.3 Å². The number of esters is 1. The Hall–Kier alpha value is -1.56. The number of benzene rings is 1. The fraction of sp³-hybridized carbons (Fsp3) is 0.385. The summed E-state index contributed by atoms with van der Waals surface area (Å²) in [4.78, 5) is 22.7. The molecule has 0 bridgehead atoms. The molecule has 0 aromatic heterocycles. The fourth-order valence-electron chi connectivity index (χ4n) is 1.27. The summed E-state index contributed by atoms with van der Waals surface area (Å²) in [5.41, 5.74) is -0.971. The van der Waals surface area contributed by atoms with Crippen molar-refractivity contribution >= 4 is 23.7 Å². The van der Waals surface area contributed by atoms with Crippen molar-refractivity contribution in [1.82, 2.24) is 0 Å². The molecule has 0 aliphatic heterocycles. The van der Waals surface area contributed by atoms with E-state index < -0.39 is 28.9 Å². The molecule has 0 atom stereocenters. The maximum absolute atomic E-state index is 13.2. The molecule has 1 rings (SSSR count). The first-order valence-electron chi connectivity index (χ1n) is 5.56. The van der Waals surface area contributed by atoms with Crippen molar-refractivity contribution in [2.24, 2.45) is 0 Å². The topological polar surface area (TPSA) is 63.6 Å². The average Bonchev–Trinajstić information content (AvgIpc) is 2.25. The zero-order valence-corrected chi connectivity index (χ0v) is 11.7. The number of carboxylic acids is 1. The molecule has 19 heavy (non-hydrogen) atoms. The summed E-state index contributed by atoms with van der Waals surface area (Å²) in [5, 5.41) is 8.78. The van der Waals surface area contributed by atoms with E-state index in [9.17, 15) is 14.0 Å². The standard InChI is InChI=1S/C13H15FO4S/c1-13(2,3)18-11(15)7-19-8-4-5-10(14)9(6-8)12(16)17/h4-6H,7H2,1-3H3,(H,16,17). The molecule has 0 heterocycles. The molecular weight excluding hydrogens is 271 g/mol. The molecule has 4 nitrogen and oxygen atoms in total. The SMILES string of the molecule is CC(C)(C)OC(=O)CSc1ccc(F)c(C(=O)O)c1. The van der Waals surface area contributed by atoms with Gasteiger partial charge in [0, 0.05) is 4.90 Å². The van der Waals surface area contributed by atoms with Crippen LogP contribution in [0.1, 0.15) is 31.1 Å². The van der Waals surface area contributed by atoms with Crippen LogP contribution in [-0.4, -0.2) is 28.4 Å². The van der Waals surface area contributed by atoms with E-state index in [2.05, 4.69) is 0 Å². The average molecular weight is 286 g/mol. The van der Waals surface area contributed by atoms with E-state index in [1.165, 1.54) is 12.1 Å². The lowest BCUT2D eigenvalue weighted by Crippen LogP contribution is -2.24. The quantitative estimate of drug-likeness (QED) is 0.681. The van der Waals surface area contributed by atoms with Crippen molar-refractivity contribution in [3.05, 3.63) is 29.6 Å². The number of aromatic carboxylic acids is 1. The largest absolute Gasteiger partial charge is 0.478 e. The number of hydrogen-bond donors (Lipinski definition) is 1. The van der Waals surface area contributed by atoms with Gasteiger partial charge in [0.15, 0.2) is 0 Å². The first-order chi connectivity index (χ1) is 8.69. The minimum Gasteiger partial charge on any atom is -0.478 e. The Morgan fingerprint density at radius 3 is 2.53 bits per heavy atom. The smallest absolute Gasteiger partial charge is 0.338 e. The lowest BCUT2D eigenvalue weighted by atomic mass is 10.2. The van der Waals surface area contributed by atoms with Crippen LogP contribution in [0.2, 0.25) is 0 Å². The fourth-order valence-corrected chi connectivity index (χ4v) is 1.98. The van der Waals surface area contributed by atoms with E-state index in [0.29, 0.717) is 4.90 Å². The molecule has 1 aromatic rings. The van der Waals surface area contributed by atoms with E-state index in [4.69, 9.17) is 9.84 Å². The zero-order valence-electron chi connectivity index (χ0n) is 10.9. The summed E-state index contributed by atoms with van der Waals surface area (Å²) in [6, 6.07) is 3.70. The molecule has 0 aliphatic carbocycles. The third kappa shape index (κ3) is 5.30. The third-order valence-corrected chi connectivity index (χ3v) is 2.91. The van der Waals surface area contributed by atoms with Gasteiger partial charge in [-0.3, -0.25) is 4.79 Å². The molecule has 0 amide bonds. The summed E-state index contributed by atoms with van der Waals surface area (Å²) in [7, 11) is 0. The Morgan fingerprint density at radius 2 is 2.00 bits per heavy atom. The van der Waals surface area contributed by atoms with Gasteiger partial charge in [-0.15, -0.1) is 11.8 Å². The minimum atomic E-state index is -1.34. The number of halogens is 1. The molecule has 0 aliphatic rings. The summed E-state index contributed by atoms with van der Waals surface area (Å²) < 4.78 is 18.3. The molecule has 1 N–H and O–H groups in total. The summed E-state index contributed by atoms with van der Waals surface area (Å²) in [5.74, 6) is -2.49. The van der Waals surface area contributed by atoms with Crippen LogP contribution in [0.3, 0.4) is 0 Å². The Bertz CT molecular complexity index is 494. The molecule has 0 unspecified atom stereocenters. The highest BCUT2D eigenvalue weighted by Gasteiger charge is 2.17. The second-order valence-electron chi connectivity index (χ2n) is 4.82. The number of carbonyl (C=O) groups is 2. The maximum atomic E-state index is 13.2. The van der Waals surface area contributed by atoms with Gasteiger partial charge in [-0.1, -0.05) is 0 Å². The minimum absolute atomic E-state index is 0.0436. The van der Waals surface area contributed by atoms with Crippen molar-refractivity contribution in [2.75, 3.05) is 5.75 Å². The Kier molecular flexibility index (Phi) is 4.94. The van der Waals surface area contributed by atoms with Gasteiger partial charge in [0.25, 0.3) is 0 Å². The van der Waals surface area contributed by atoms with Crippen LogP contribution < -0.4 is 0 Å². The van der Waals surface area contributed by atoms with Gasteiger partial charge in [-0.25, -0.2) is 9.18 Å². The lowest BCUT2D eigenvalue weighted by molar-refractivity contribution is -0.151. The van der Waals surface area contributed by atoms with Gasteiger partial charge in [0.1, 0.15) is 11.4 Å². The lowest BCUT2D eigenvalue weighted by Gasteiger charge is -2.19. The Labute approximate surface area is 115 Å². The van der Waals surface area contributed by atoms with Crippen LogP contribution in [0, 0.1) is 5.82 Å². The molecule has 6 heteroatoms.